The number of hydrogen-bond acceptors (Lipinski definition) is 3. The molecular formula is C14H18Cl2N4O. The maximum atomic E-state index is 12.2. The van der Waals surface area contributed by atoms with Crippen molar-refractivity contribution in [3.8, 4) is 0 Å². The highest BCUT2D eigenvalue weighted by molar-refractivity contribution is 5.92. The third-order valence-corrected chi connectivity index (χ3v) is 4.26. The molecule has 2 N–H and O–H groups in total. The van der Waals surface area contributed by atoms with E-state index in [1.54, 1.807) is 12.4 Å². The van der Waals surface area contributed by atoms with Gasteiger partial charge >= 0.3 is 0 Å². The van der Waals surface area contributed by atoms with E-state index in [1.807, 2.05) is 22.7 Å². The number of carbonyl (C=O) groups excluding carboxylic acids is 1. The summed E-state index contributed by atoms with van der Waals surface area (Å²) in [6, 6.07) is 5.21. The number of aromatic nitrogens is 2. The van der Waals surface area contributed by atoms with Gasteiger partial charge in [-0.15, -0.1) is 24.8 Å². The van der Waals surface area contributed by atoms with Crippen molar-refractivity contribution in [2.45, 2.75) is 37.4 Å². The maximum Gasteiger partial charge on any atom is 0.271 e. The highest BCUT2D eigenvalue weighted by Crippen LogP contribution is 2.28. The van der Waals surface area contributed by atoms with Crippen LogP contribution in [0.15, 0.2) is 30.7 Å². The summed E-state index contributed by atoms with van der Waals surface area (Å²) in [5.74, 6) is -0.0741. The first-order chi connectivity index (χ1) is 9.29. The van der Waals surface area contributed by atoms with Crippen LogP contribution < -0.4 is 10.6 Å². The Hall–Kier alpha value is -1.30. The summed E-state index contributed by atoms with van der Waals surface area (Å²) in [4.78, 5) is 16.5. The summed E-state index contributed by atoms with van der Waals surface area (Å²) in [7, 11) is 0. The zero-order valence-corrected chi connectivity index (χ0v) is 13.0. The van der Waals surface area contributed by atoms with E-state index in [0.29, 0.717) is 17.8 Å². The number of carbonyl (C=O) groups is 1. The van der Waals surface area contributed by atoms with Crippen LogP contribution in [0.3, 0.4) is 0 Å². The summed E-state index contributed by atoms with van der Waals surface area (Å²) in [6.07, 6.45) is 8.89. The number of amides is 1. The minimum absolute atomic E-state index is 0. The first-order valence-electron chi connectivity index (χ1n) is 6.79. The van der Waals surface area contributed by atoms with Crippen LogP contribution in [0.2, 0.25) is 0 Å². The molecule has 0 radical (unpaired) electrons. The summed E-state index contributed by atoms with van der Waals surface area (Å²) in [6.45, 7) is 0. The molecule has 2 aliphatic heterocycles. The van der Waals surface area contributed by atoms with Crippen molar-refractivity contribution in [1.29, 1.82) is 0 Å². The van der Waals surface area contributed by atoms with Gasteiger partial charge in [-0.05, 0) is 31.4 Å². The lowest BCUT2D eigenvalue weighted by molar-refractivity contribution is 0.0925. The molecule has 2 bridgehead atoms. The molecule has 0 aromatic carbocycles. The molecule has 1 amide bonds. The van der Waals surface area contributed by atoms with Gasteiger partial charge < -0.3 is 15.0 Å². The Morgan fingerprint density at radius 3 is 2.95 bits per heavy atom. The highest BCUT2D eigenvalue weighted by Gasteiger charge is 2.39. The van der Waals surface area contributed by atoms with Gasteiger partial charge in [-0.1, -0.05) is 0 Å². The van der Waals surface area contributed by atoms with E-state index in [1.165, 1.54) is 12.8 Å². The zero-order chi connectivity index (χ0) is 12.8. The molecule has 2 aliphatic rings. The molecule has 3 atom stereocenters. The van der Waals surface area contributed by atoms with E-state index >= 15 is 0 Å². The van der Waals surface area contributed by atoms with Gasteiger partial charge in [0.2, 0.25) is 0 Å². The smallest absolute Gasteiger partial charge is 0.271 e. The standard InChI is InChI=1S/C14H16N4O.2ClH/c19-14(17-12-6-9-3-4-11(12)16-9)13-8-18-5-1-2-10(18)7-15-13;;/h1-2,5,7-9,11-12,16H,3-4,6H2,(H,17,19);2*1H/t9-,11-,12-;;/m1../s1. The predicted molar refractivity (Wildman–Crippen MR) is 85.5 cm³/mol. The number of nitrogens with one attached hydrogen (secondary N) is 2. The van der Waals surface area contributed by atoms with E-state index in [0.717, 1.165) is 11.9 Å². The topological polar surface area (TPSA) is 58.4 Å². The van der Waals surface area contributed by atoms with E-state index in [9.17, 15) is 4.79 Å². The lowest BCUT2D eigenvalue weighted by Crippen LogP contribution is -2.43. The Balaban J connectivity index is 0.000000807. The maximum absolute atomic E-state index is 12.2. The van der Waals surface area contributed by atoms with Crippen LogP contribution in [0, 0.1) is 0 Å². The Bertz CT molecular complexity index is 645. The second-order valence-electron chi connectivity index (χ2n) is 5.48. The molecule has 0 saturated carbocycles. The van der Waals surface area contributed by atoms with Crippen molar-refractivity contribution < 1.29 is 4.79 Å². The fraction of sp³-hybridized carbons (Fsp3) is 0.429. The van der Waals surface area contributed by atoms with Gasteiger partial charge in [-0.3, -0.25) is 4.79 Å². The largest absolute Gasteiger partial charge is 0.346 e. The molecule has 0 aliphatic carbocycles. The van der Waals surface area contributed by atoms with Gasteiger partial charge in [-0.2, -0.15) is 0 Å². The summed E-state index contributed by atoms with van der Waals surface area (Å²) in [5.41, 5.74) is 1.48. The summed E-state index contributed by atoms with van der Waals surface area (Å²) >= 11 is 0. The molecule has 2 fully saturated rings. The normalized spacial score (nSPS) is 26.2. The number of rotatable bonds is 2. The molecule has 5 nitrogen and oxygen atoms in total. The molecule has 7 heteroatoms. The van der Waals surface area contributed by atoms with E-state index in [4.69, 9.17) is 0 Å². The van der Waals surface area contributed by atoms with Crippen molar-refractivity contribution in [1.82, 2.24) is 20.0 Å². The SMILES string of the molecule is Cl.Cl.O=C(N[C@@H]1C[C@H]2CC[C@H]1N2)c1cn2cccc2cn1. The molecule has 2 aromatic heterocycles. The van der Waals surface area contributed by atoms with Crippen LogP contribution in [0.4, 0.5) is 0 Å². The zero-order valence-electron chi connectivity index (χ0n) is 11.4. The minimum Gasteiger partial charge on any atom is -0.346 e. The first-order valence-corrected chi connectivity index (χ1v) is 6.79. The monoisotopic (exact) mass is 328 g/mol. The molecule has 4 rings (SSSR count). The molecule has 2 saturated heterocycles. The van der Waals surface area contributed by atoms with Gasteiger partial charge in [0.05, 0.1) is 11.7 Å². The second kappa shape index (κ2) is 6.22. The average Bonchev–Trinajstić information content (AvgIpc) is 3.13. The molecule has 0 unspecified atom stereocenters. The number of nitrogens with zero attached hydrogens (tertiary/aromatic N) is 2. The fourth-order valence-corrected chi connectivity index (χ4v) is 3.28. The number of fused-ring (bicyclic) bond motifs is 3. The van der Waals surface area contributed by atoms with Gasteiger partial charge in [0.1, 0.15) is 5.69 Å². The van der Waals surface area contributed by atoms with E-state index in [-0.39, 0.29) is 36.8 Å². The summed E-state index contributed by atoms with van der Waals surface area (Å²) in [5, 5.41) is 6.63. The molecular weight excluding hydrogens is 311 g/mol. The predicted octanol–water partition coefficient (Wildman–Crippen LogP) is 1.80. The minimum atomic E-state index is -0.0741. The van der Waals surface area contributed by atoms with Crippen molar-refractivity contribution >= 4 is 36.2 Å². The Kier molecular flexibility index (Phi) is 4.76. The van der Waals surface area contributed by atoms with Gasteiger partial charge in [0, 0.05) is 30.5 Å². The Morgan fingerprint density at radius 2 is 2.24 bits per heavy atom. The second-order valence-corrected chi connectivity index (χ2v) is 5.48. The van der Waals surface area contributed by atoms with Crippen LogP contribution in [0.25, 0.3) is 5.52 Å². The van der Waals surface area contributed by atoms with Crippen molar-refractivity contribution in [3.05, 3.63) is 36.4 Å². The van der Waals surface area contributed by atoms with Gasteiger partial charge in [0.15, 0.2) is 0 Å². The van der Waals surface area contributed by atoms with Crippen LogP contribution in [-0.2, 0) is 0 Å². The van der Waals surface area contributed by atoms with Crippen molar-refractivity contribution in [2.24, 2.45) is 0 Å². The Labute approximate surface area is 135 Å². The van der Waals surface area contributed by atoms with Crippen LogP contribution >= 0.6 is 24.8 Å². The lowest BCUT2D eigenvalue weighted by atomic mass is 9.95. The van der Waals surface area contributed by atoms with Crippen LogP contribution in [0.1, 0.15) is 29.8 Å². The van der Waals surface area contributed by atoms with Crippen molar-refractivity contribution in [2.75, 3.05) is 0 Å². The third-order valence-electron chi connectivity index (χ3n) is 4.26. The Morgan fingerprint density at radius 1 is 1.38 bits per heavy atom. The lowest BCUT2D eigenvalue weighted by Gasteiger charge is -2.21. The molecule has 2 aromatic rings. The average molecular weight is 329 g/mol. The molecule has 114 valence electrons. The molecule has 4 heterocycles. The van der Waals surface area contributed by atoms with Crippen LogP contribution in [-0.4, -0.2) is 33.4 Å². The highest BCUT2D eigenvalue weighted by atomic mass is 35.5. The first kappa shape index (κ1) is 16.1. The quantitative estimate of drug-likeness (QED) is 0.883. The molecule has 21 heavy (non-hydrogen) atoms. The van der Waals surface area contributed by atoms with Gasteiger partial charge in [0.25, 0.3) is 5.91 Å². The van der Waals surface area contributed by atoms with E-state index < -0.39 is 0 Å². The van der Waals surface area contributed by atoms with Crippen molar-refractivity contribution in [3.63, 3.8) is 0 Å². The number of halogens is 2. The van der Waals surface area contributed by atoms with Gasteiger partial charge in [-0.25, -0.2) is 4.98 Å². The molecule has 0 spiro atoms. The summed E-state index contributed by atoms with van der Waals surface area (Å²) < 4.78 is 1.92. The number of hydrogen-bond donors (Lipinski definition) is 2. The third kappa shape index (κ3) is 2.86. The van der Waals surface area contributed by atoms with E-state index in [2.05, 4.69) is 15.6 Å². The fourth-order valence-electron chi connectivity index (χ4n) is 3.28. The van der Waals surface area contributed by atoms with Crippen LogP contribution in [0.5, 0.6) is 0 Å².